The van der Waals surface area contributed by atoms with Crippen LogP contribution in [0.5, 0.6) is 23.0 Å². The molecule has 6 rings (SSSR count). The maximum absolute atomic E-state index is 13.6. The Hall–Kier alpha value is -4.47. The van der Waals surface area contributed by atoms with Gasteiger partial charge in [0, 0.05) is 22.2 Å². The first-order valence-corrected chi connectivity index (χ1v) is 14.3. The smallest absolute Gasteiger partial charge is 0.225 e. The van der Waals surface area contributed by atoms with E-state index in [1.54, 1.807) is 23.5 Å². The van der Waals surface area contributed by atoms with Crippen molar-refractivity contribution in [2.24, 2.45) is 0 Å². The summed E-state index contributed by atoms with van der Waals surface area (Å²) in [6.45, 7) is 0. The topological polar surface area (TPSA) is 108 Å². The van der Waals surface area contributed by atoms with Gasteiger partial charge in [0.05, 0.1) is 23.1 Å². The maximum atomic E-state index is 13.6. The van der Waals surface area contributed by atoms with E-state index in [0.29, 0.717) is 23.1 Å². The Morgan fingerprint density at radius 1 is 0.550 bits per heavy atom. The van der Waals surface area contributed by atoms with E-state index in [-0.39, 0.29) is 28.8 Å². The first-order chi connectivity index (χ1) is 19.4. The molecule has 7 nitrogen and oxygen atoms in total. The summed E-state index contributed by atoms with van der Waals surface area (Å²) in [4.78, 5) is 15.5. The fraction of sp³-hybridized carbons (Fsp3) is 0.0645. The van der Waals surface area contributed by atoms with Gasteiger partial charge in [0.1, 0.15) is 0 Å². The molecule has 0 radical (unpaired) electrons. The van der Waals surface area contributed by atoms with Gasteiger partial charge in [-0.05, 0) is 94.3 Å². The minimum Gasteiger partial charge on any atom is -0.504 e. The molecule has 0 atom stereocenters. The number of rotatable bonds is 8. The minimum atomic E-state index is -0.158. The lowest BCUT2D eigenvalue weighted by Gasteiger charge is -2.12. The van der Waals surface area contributed by atoms with E-state index in [2.05, 4.69) is 0 Å². The number of nitrogens with zero attached hydrogens (tertiary/aromatic N) is 2. The monoisotopic (exact) mass is 568 g/mol. The molecule has 4 aromatic carbocycles. The first-order valence-electron chi connectivity index (χ1n) is 12.4. The van der Waals surface area contributed by atoms with E-state index in [9.17, 15) is 25.2 Å². The van der Waals surface area contributed by atoms with E-state index in [1.165, 1.54) is 24.3 Å². The highest BCUT2D eigenvalue weighted by molar-refractivity contribution is 7.98. The third kappa shape index (κ3) is 5.09. The van der Waals surface area contributed by atoms with E-state index >= 15 is 0 Å². The highest BCUT2D eigenvalue weighted by Crippen LogP contribution is 2.34. The Kier molecular flexibility index (Phi) is 6.83. The summed E-state index contributed by atoms with van der Waals surface area (Å²) in [5.41, 5.74) is 1.17. The van der Waals surface area contributed by atoms with E-state index in [4.69, 9.17) is 0 Å². The second kappa shape index (κ2) is 10.6. The molecule has 2 heterocycles. The standard InChI is InChI=1S/C31H24N2O5S2/c34-27-13-19-5-7-23(11-21(19)15-29(27)36)39-17-32-9-1-3-25(32)31(38)26-4-2-10-33(26)18-40-24-8-6-20-14-28(35)30(37)16-22(20)12-24/h1-16,34-37H,17-18H2. The van der Waals surface area contributed by atoms with Crippen LogP contribution in [-0.2, 0) is 11.8 Å². The van der Waals surface area contributed by atoms with E-state index in [1.807, 2.05) is 82.2 Å². The fourth-order valence-electron chi connectivity index (χ4n) is 4.57. The second-order valence-electron chi connectivity index (χ2n) is 9.30. The highest BCUT2D eigenvalue weighted by atomic mass is 32.2. The Morgan fingerprint density at radius 3 is 1.38 bits per heavy atom. The summed E-state index contributed by atoms with van der Waals surface area (Å²) in [6.07, 6.45) is 3.77. The van der Waals surface area contributed by atoms with Crippen molar-refractivity contribution in [3.8, 4) is 23.0 Å². The number of carbonyl (C=O) groups excluding carboxylic acids is 1. The molecule has 0 unspecified atom stereocenters. The summed E-state index contributed by atoms with van der Waals surface area (Å²) in [5, 5.41) is 42.5. The number of phenols is 4. The second-order valence-corrected chi connectivity index (χ2v) is 11.3. The van der Waals surface area contributed by atoms with Gasteiger partial charge in [-0.2, -0.15) is 0 Å². The highest BCUT2D eigenvalue weighted by Gasteiger charge is 2.17. The Morgan fingerprint density at radius 2 is 0.950 bits per heavy atom. The summed E-state index contributed by atoms with van der Waals surface area (Å²) in [6, 6.07) is 25.1. The summed E-state index contributed by atoms with van der Waals surface area (Å²) in [7, 11) is 0. The predicted molar refractivity (Wildman–Crippen MR) is 159 cm³/mol. The number of thioether (sulfide) groups is 2. The van der Waals surface area contributed by atoms with Crippen molar-refractivity contribution < 1.29 is 25.2 Å². The van der Waals surface area contributed by atoms with Gasteiger partial charge < -0.3 is 29.6 Å². The third-order valence-electron chi connectivity index (χ3n) is 6.68. The molecular formula is C31H24N2O5S2. The van der Waals surface area contributed by atoms with Crippen LogP contribution in [-0.4, -0.2) is 35.3 Å². The van der Waals surface area contributed by atoms with Crippen LogP contribution in [0.25, 0.3) is 21.5 Å². The summed E-state index contributed by atoms with van der Waals surface area (Å²) in [5.74, 6) is 0.366. The Bertz CT molecular complexity index is 1760. The van der Waals surface area contributed by atoms with Crippen molar-refractivity contribution in [1.82, 2.24) is 9.13 Å². The zero-order chi connectivity index (χ0) is 27.8. The quantitative estimate of drug-likeness (QED) is 0.0877. The average Bonchev–Trinajstić information content (AvgIpc) is 3.61. The summed E-state index contributed by atoms with van der Waals surface area (Å²) >= 11 is 3.14. The SMILES string of the molecule is O=C(c1cccn1CSc1ccc2cc(O)c(O)cc2c1)c1cccn1CSc1ccc2cc(O)c(O)cc2c1. The van der Waals surface area contributed by atoms with Crippen LogP contribution < -0.4 is 0 Å². The van der Waals surface area contributed by atoms with Crippen molar-refractivity contribution >= 4 is 50.9 Å². The van der Waals surface area contributed by atoms with E-state index in [0.717, 1.165) is 31.3 Å². The van der Waals surface area contributed by atoms with Crippen LogP contribution >= 0.6 is 23.5 Å². The van der Waals surface area contributed by atoms with Gasteiger partial charge in [0.2, 0.25) is 5.78 Å². The molecule has 0 aliphatic heterocycles. The lowest BCUT2D eigenvalue weighted by Crippen LogP contribution is -2.13. The number of carbonyl (C=O) groups is 1. The van der Waals surface area contributed by atoms with Crippen molar-refractivity contribution in [1.29, 1.82) is 0 Å². The number of hydrogen-bond acceptors (Lipinski definition) is 7. The Balaban J connectivity index is 1.16. The molecule has 40 heavy (non-hydrogen) atoms. The van der Waals surface area contributed by atoms with Crippen LogP contribution in [0.2, 0.25) is 0 Å². The van der Waals surface area contributed by atoms with Crippen LogP contribution in [0.15, 0.2) is 107 Å². The van der Waals surface area contributed by atoms with Crippen molar-refractivity contribution in [3.05, 3.63) is 109 Å². The molecule has 2 aromatic heterocycles. The van der Waals surface area contributed by atoms with Crippen LogP contribution in [0.1, 0.15) is 16.2 Å². The van der Waals surface area contributed by atoms with Crippen LogP contribution in [0.4, 0.5) is 0 Å². The third-order valence-corrected chi connectivity index (χ3v) is 8.66. The van der Waals surface area contributed by atoms with Gasteiger partial charge in [-0.25, -0.2) is 0 Å². The minimum absolute atomic E-state index is 0.0750. The molecule has 0 aliphatic carbocycles. The number of phenolic OH excluding ortho intramolecular Hbond substituents is 4. The predicted octanol–water partition coefficient (Wildman–Crippen LogP) is 7.15. The zero-order valence-electron chi connectivity index (χ0n) is 21.1. The number of ketones is 1. The number of aromatic hydroxyl groups is 4. The molecular weight excluding hydrogens is 544 g/mol. The van der Waals surface area contributed by atoms with Gasteiger partial charge >= 0.3 is 0 Å². The number of hydrogen-bond donors (Lipinski definition) is 4. The molecule has 9 heteroatoms. The maximum Gasteiger partial charge on any atom is 0.225 e. The van der Waals surface area contributed by atoms with Crippen LogP contribution in [0.3, 0.4) is 0 Å². The molecule has 0 spiro atoms. The van der Waals surface area contributed by atoms with Crippen LogP contribution in [0, 0.1) is 0 Å². The van der Waals surface area contributed by atoms with Crippen molar-refractivity contribution in [2.75, 3.05) is 0 Å². The van der Waals surface area contributed by atoms with Gasteiger partial charge in [-0.15, -0.1) is 23.5 Å². The normalized spacial score (nSPS) is 11.4. The van der Waals surface area contributed by atoms with Crippen molar-refractivity contribution in [2.45, 2.75) is 21.5 Å². The molecule has 0 saturated heterocycles. The molecule has 6 aromatic rings. The number of aromatic nitrogens is 2. The first kappa shape index (κ1) is 25.8. The lowest BCUT2D eigenvalue weighted by molar-refractivity contribution is 0.102. The molecule has 0 bridgehead atoms. The van der Waals surface area contributed by atoms with Gasteiger partial charge in [0.25, 0.3) is 0 Å². The molecule has 4 N–H and O–H groups in total. The average molecular weight is 569 g/mol. The Labute approximate surface area is 237 Å². The molecule has 0 fully saturated rings. The van der Waals surface area contributed by atoms with Crippen molar-refractivity contribution in [3.63, 3.8) is 0 Å². The summed E-state index contributed by atoms with van der Waals surface area (Å²) < 4.78 is 3.84. The molecule has 200 valence electrons. The number of benzene rings is 4. The van der Waals surface area contributed by atoms with Gasteiger partial charge in [-0.3, -0.25) is 4.79 Å². The largest absolute Gasteiger partial charge is 0.504 e. The zero-order valence-corrected chi connectivity index (χ0v) is 22.7. The lowest BCUT2D eigenvalue weighted by atomic mass is 10.1. The molecule has 0 saturated carbocycles. The fourth-order valence-corrected chi connectivity index (χ4v) is 6.34. The van der Waals surface area contributed by atoms with Gasteiger partial charge in [0.15, 0.2) is 23.0 Å². The van der Waals surface area contributed by atoms with Gasteiger partial charge in [-0.1, -0.05) is 12.1 Å². The van der Waals surface area contributed by atoms with E-state index < -0.39 is 0 Å². The molecule has 0 amide bonds. The number of fused-ring (bicyclic) bond motifs is 2. The molecule has 0 aliphatic rings.